The van der Waals surface area contributed by atoms with E-state index < -0.39 is 0 Å². The Morgan fingerprint density at radius 2 is 2.30 bits per heavy atom. The molecule has 2 rings (SSSR count). The highest BCUT2D eigenvalue weighted by molar-refractivity contribution is 7.09. The molecule has 0 aliphatic heterocycles. The minimum Gasteiger partial charge on any atom is -0.395 e. The summed E-state index contributed by atoms with van der Waals surface area (Å²) in [6.07, 6.45) is 1.77. The molecule has 2 aromatic rings. The molecule has 0 saturated carbocycles. The van der Waals surface area contributed by atoms with Crippen LogP contribution in [0, 0.1) is 0 Å². The van der Waals surface area contributed by atoms with Gasteiger partial charge in [0.15, 0.2) is 5.69 Å². The number of aryl methyl sites for hydroxylation is 1. The van der Waals surface area contributed by atoms with Crippen molar-refractivity contribution in [2.24, 2.45) is 0 Å². The summed E-state index contributed by atoms with van der Waals surface area (Å²) in [6, 6.07) is 4.01. The first-order valence-electron chi connectivity index (χ1n) is 6.81. The highest BCUT2D eigenvalue weighted by Crippen LogP contribution is 2.19. The fourth-order valence-electron chi connectivity index (χ4n) is 2.06. The lowest BCUT2D eigenvalue weighted by Gasteiger charge is -2.19. The van der Waals surface area contributed by atoms with E-state index in [-0.39, 0.29) is 5.91 Å². The molecule has 2 aromatic heterocycles. The second-order valence-corrected chi connectivity index (χ2v) is 5.65. The van der Waals surface area contributed by atoms with Gasteiger partial charge in [-0.1, -0.05) is 19.4 Å². The molecule has 5 nitrogen and oxygen atoms in total. The number of anilines is 1. The van der Waals surface area contributed by atoms with Gasteiger partial charge in [-0.2, -0.15) is 5.10 Å². The van der Waals surface area contributed by atoms with Crippen molar-refractivity contribution in [3.63, 3.8) is 0 Å². The number of hydrogen-bond acceptors (Lipinski definition) is 4. The molecule has 0 aromatic carbocycles. The van der Waals surface area contributed by atoms with Gasteiger partial charge < -0.3 is 10.6 Å². The van der Waals surface area contributed by atoms with Gasteiger partial charge in [0, 0.05) is 11.4 Å². The lowest BCUT2D eigenvalue weighted by Crippen LogP contribution is -2.30. The maximum absolute atomic E-state index is 12.5. The van der Waals surface area contributed by atoms with E-state index in [0.717, 1.165) is 23.4 Å². The first-order chi connectivity index (χ1) is 9.67. The summed E-state index contributed by atoms with van der Waals surface area (Å²) in [5.41, 5.74) is 7.69. The van der Waals surface area contributed by atoms with Crippen LogP contribution in [-0.2, 0) is 13.0 Å². The lowest BCUT2D eigenvalue weighted by molar-refractivity contribution is 0.0749. The molecular weight excluding hydrogens is 272 g/mol. The van der Waals surface area contributed by atoms with Crippen molar-refractivity contribution in [1.29, 1.82) is 0 Å². The number of rotatable bonds is 6. The van der Waals surface area contributed by atoms with Crippen LogP contribution in [0.2, 0.25) is 0 Å². The molecule has 0 aliphatic rings. The van der Waals surface area contributed by atoms with E-state index in [1.54, 1.807) is 16.2 Å². The monoisotopic (exact) mass is 292 g/mol. The Kier molecular flexibility index (Phi) is 4.79. The average molecular weight is 292 g/mol. The Labute approximate surface area is 122 Å². The van der Waals surface area contributed by atoms with Gasteiger partial charge in [-0.25, -0.2) is 0 Å². The Balaban J connectivity index is 2.16. The second-order valence-electron chi connectivity index (χ2n) is 4.61. The summed E-state index contributed by atoms with van der Waals surface area (Å²) < 4.78 is 0. The number of thiophene rings is 1. The fraction of sp³-hybridized carbons (Fsp3) is 0.429. The Bertz CT molecular complexity index is 562. The number of amides is 1. The molecule has 0 aliphatic carbocycles. The third-order valence-corrected chi connectivity index (χ3v) is 4.04. The van der Waals surface area contributed by atoms with Crippen molar-refractivity contribution in [1.82, 2.24) is 15.1 Å². The first-order valence-corrected chi connectivity index (χ1v) is 7.69. The maximum Gasteiger partial charge on any atom is 0.276 e. The van der Waals surface area contributed by atoms with Gasteiger partial charge in [0.25, 0.3) is 5.91 Å². The number of carbonyl (C=O) groups excluding carboxylic acids is 1. The number of hydrogen-bond donors (Lipinski definition) is 2. The van der Waals surface area contributed by atoms with Crippen LogP contribution < -0.4 is 5.73 Å². The topological polar surface area (TPSA) is 75.0 Å². The van der Waals surface area contributed by atoms with Gasteiger partial charge >= 0.3 is 0 Å². The molecule has 0 bridgehead atoms. The van der Waals surface area contributed by atoms with Gasteiger partial charge in [0.2, 0.25) is 0 Å². The van der Waals surface area contributed by atoms with Crippen LogP contribution in [0.25, 0.3) is 0 Å². The Morgan fingerprint density at radius 3 is 2.90 bits per heavy atom. The molecule has 6 heteroatoms. The average Bonchev–Trinajstić information content (AvgIpc) is 3.07. The zero-order chi connectivity index (χ0) is 14.5. The molecule has 0 radical (unpaired) electrons. The molecule has 108 valence electrons. The van der Waals surface area contributed by atoms with Crippen LogP contribution in [0.15, 0.2) is 17.5 Å². The summed E-state index contributed by atoms with van der Waals surface area (Å²) in [7, 11) is 0. The van der Waals surface area contributed by atoms with Crippen LogP contribution in [0.5, 0.6) is 0 Å². The van der Waals surface area contributed by atoms with Crippen LogP contribution in [0.1, 0.15) is 41.3 Å². The van der Waals surface area contributed by atoms with E-state index >= 15 is 0 Å². The Morgan fingerprint density at radius 1 is 1.50 bits per heavy atom. The van der Waals surface area contributed by atoms with Gasteiger partial charge in [0.05, 0.1) is 17.9 Å². The number of aromatic amines is 1. The largest absolute Gasteiger partial charge is 0.395 e. The number of carbonyl (C=O) groups is 1. The molecule has 20 heavy (non-hydrogen) atoms. The van der Waals surface area contributed by atoms with Crippen molar-refractivity contribution < 1.29 is 4.79 Å². The standard InChI is InChI=1S/C14H20N4OS/c1-3-6-11-12(15)13(17-16-11)14(19)18(4-2)9-10-7-5-8-20-10/h5,7-8H,3-4,6,9,15H2,1-2H3,(H,16,17). The predicted octanol–water partition coefficient (Wildman–Crippen LogP) is 2.67. The molecule has 2 heterocycles. The van der Waals surface area contributed by atoms with Crippen molar-refractivity contribution in [3.8, 4) is 0 Å². The van der Waals surface area contributed by atoms with Crippen LogP contribution in [0.3, 0.4) is 0 Å². The summed E-state index contributed by atoms with van der Waals surface area (Å²) in [5.74, 6) is -0.114. The smallest absolute Gasteiger partial charge is 0.276 e. The van der Waals surface area contributed by atoms with Crippen LogP contribution in [-0.4, -0.2) is 27.5 Å². The van der Waals surface area contributed by atoms with E-state index in [2.05, 4.69) is 17.1 Å². The third kappa shape index (κ3) is 3.01. The van der Waals surface area contributed by atoms with E-state index in [4.69, 9.17) is 5.73 Å². The summed E-state index contributed by atoms with van der Waals surface area (Å²) in [4.78, 5) is 15.4. The minimum absolute atomic E-state index is 0.114. The van der Waals surface area contributed by atoms with Crippen LogP contribution in [0.4, 0.5) is 5.69 Å². The summed E-state index contributed by atoms with van der Waals surface area (Å²) in [5, 5.41) is 8.98. The maximum atomic E-state index is 12.5. The third-order valence-electron chi connectivity index (χ3n) is 3.18. The summed E-state index contributed by atoms with van der Waals surface area (Å²) >= 11 is 1.64. The van der Waals surface area contributed by atoms with Crippen molar-refractivity contribution in [2.45, 2.75) is 33.2 Å². The quantitative estimate of drug-likeness (QED) is 0.859. The number of nitrogens with two attached hydrogens (primary N) is 1. The molecule has 0 saturated heterocycles. The lowest BCUT2D eigenvalue weighted by atomic mass is 10.2. The normalized spacial score (nSPS) is 10.7. The molecule has 0 unspecified atom stereocenters. The van der Waals surface area contributed by atoms with E-state index in [1.165, 1.54) is 0 Å². The number of nitrogens with zero attached hydrogens (tertiary/aromatic N) is 2. The predicted molar refractivity (Wildman–Crippen MR) is 81.7 cm³/mol. The summed E-state index contributed by atoms with van der Waals surface area (Å²) in [6.45, 7) is 5.26. The van der Waals surface area contributed by atoms with E-state index in [0.29, 0.717) is 24.5 Å². The fourth-order valence-corrected chi connectivity index (χ4v) is 2.78. The second kappa shape index (κ2) is 6.56. The number of H-pyrrole nitrogens is 1. The van der Waals surface area contributed by atoms with Gasteiger partial charge in [0.1, 0.15) is 0 Å². The SMILES string of the molecule is CCCc1[nH]nc(C(=O)N(CC)Cc2cccs2)c1N. The van der Waals surface area contributed by atoms with Crippen LogP contribution >= 0.6 is 11.3 Å². The van der Waals surface area contributed by atoms with Gasteiger partial charge in [-0.05, 0) is 24.8 Å². The number of aromatic nitrogens is 2. The van der Waals surface area contributed by atoms with E-state index in [9.17, 15) is 4.79 Å². The van der Waals surface area contributed by atoms with Crippen molar-refractivity contribution >= 4 is 22.9 Å². The number of nitrogen functional groups attached to an aromatic ring is 1. The van der Waals surface area contributed by atoms with Gasteiger partial charge in [-0.15, -0.1) is 11.3 Å². The highest BCUT2D eigenvalue weighted by atomic mass is 32.1. The highest BCUT2D eigenvalue weighted by Gasteiger charge is 2.22. The number of nitrogens with one attached hydrogen (secondary N) is 1. The molecule has 0 fully saturated rings. The zero-order valence-electron chi connectivity index (χ0n) is 11.8. The molecule has 0 spiro atoms. The zero-order valence-corrected chi connectivity index (χ0v) is 12.7. The first kappa shape index (κ1) is 14.6. The van der Waals surface area contributed by atoms with Crippen molar-refractivity contribution in [3.05, 3.63) is 33.8 Å². The molecule has 1 amide bonds. The Hall–Kier alpha value is -1.82. The van der Waals surface area contributed by atoms with Crippen molar-refractivity contribution in [2.75, 3.05) is 12.3 Å². The molecular formula is C14H20N4OS. The minimum atomic E-state index is -0.114. The molecule has 0 atom stereocenters. The molecule has 3 N–H and O–H groups in total. The van der Waals surface area contributed by atoms with Gasteiger partial charge in [-0.3, -0.25) is 9.89 Å². The van der Waals surface area contributed by atoms with E-state index in [1.807, 2.05) is 24.4 Å².